The van der Waals surface area contributed by atoms with Crippen LogP contribution in [0.4, 0.5) is 5.69 Å². The number of aliphatic hydroxyl groups is 1. The van der Waals surface area contributed by atoms with Gasteiger partial charge in [-0.05, 0) is 73.1 Å². The van der Waals surface area contributed by atoms with Gasteiger partial charge in [-0.15, -0.1) is 0 Å². The molecule has 5 rings (SSSR count). The highest BCUT2D eigenvalue weighted by atomic mass is 32.2. The van der Waals surface area contributed by atoms with Gasteiger partial charge in [-0.3, -0.25) is 0 Å². The molecule has 0 spiro atoms. The number of sulfonamides is 1. The summed E-state index contributed by atoms with van der Waals surface area (Å²) in [4.78, 5) is 0.240. The molecule has 0 bridgehead atoms. The number of allylic oxidation sites excluding steroid dienone is 2. The van der Waals surface area contributed by atoms with Gasteiger partial charge in [0.25, 0.3) is 0 Å². The Balaban J connectivity index is 1.58. The first-order chi connectivity index (χ1) is 15.5. The zero-order valence-corrected chi connectivity index (χ0v) is 19.1. The molecule has 0 unspecified atom stereocenters. The van der Waals surface area contributed by atoms with Crippen molar-refractivity contribution in [3.05, 3.63) is 59.7 Å². The van der Waals surface area contributed by atoms with Crippen molar-refractivity contribution in [3.63, 3.8) is 0 Å². The van der Waals surface area contributed by atoms with Crippen molar-refractivity contribution in [1.29, 1.82) is 0 Å². The largest absolute Gasteiger partial charge is 0.497 e. The molecule has 0 saturated carbocycles. The summed E-state index contributed by atoms with van der Waals surface area (Å²) in [5.74, 6) is 0.538. The number of rotatable bonds is 5. The molecule has 32 heavy (non-hydrogen) atoms. The maximum absolute atomic E-state index is 13.7. The molecule has 0 aromatic heterocycles. The van der Waals surface area contributed by atoms with E-state index in [1.807, 2.05) is 6.07 Å². The SMILES string of the molecule is COc1cccc(S(=O)(=O)N2CC[C@@H]3[C@H](CO)Nc4ccc(C5=CCCCC5)cc4[C@@H]32)c1. The van der Waals surface area contributed by atoms with Gasteiger partial charge in [0.05, 0.1) is 30.7 Å². The number of benzene rings is 2. The first kappa shape index (κ1) is 21.5. The Bertz CT molecular complexity index is 1140. The fourth-order valence-electron chi connectivity index (χ4n) is 5.49. The smallest absolute Gasteiger partial charge is 0.243 e. The molecule has 6 nitrogen and oxygen atoms in total. The number of anilines is 1. The minimum atomic E-state index is -3.72. The molecule has 170 valence electrons. The van der Waals surface area contributed by atoms with Crippen molar-refractivity contribution in [2.24, 2.45) is 5.92 Å². The lowest BCUT2D eigenvalue weighted by atomic mass is 9.82. The second-order valence-corrected chi connectivity index (χ2v) is 10.8. The Morgan fingerprint density at radius 3 is 2.81 bits per heavy atom. The maximum Gasteiger partial charge on any atom is 0.243 e. The molecule has 1 saturated heterocycles. The van der Waals surface area contributed by atoms with E-state index in [4.69, 9.17) is 4.74 Å². The highest BCUT2D eigenvalue weighted by molar-refractivity contribution is 7.89. The fraction of sp³-hybridized carbons (Fsp3) is 0.440. The average molecular weight is 455 g/mol. The van der Waals surface area contributed by atoms with Gasteiger partial charge in [0, 0.05) is 24.2 Å². The van der Waals surface area contributed by atoms with Crippen LogP contribution in [0.3, 0.4) is 0 Å². The molecule has 3 aliphatic rings. The first-order valence-electron chi connectivity index (χ1n) is 11.4. The number of nitrogens with one attached hydrogen (secondary N) is 1. The van der Waals surface area contributed by atoms with Crippen molar-refractivity contribution >= 4 is 21.3 Å². The van der Waals surface area contributed by atoms with Crippen LogP contribution in [0.5, 0.6) is 5.75 Å². The van der Waals surface area contributed by atoms with Gasteiger partial charge in [-0.1, -0.05) is 18.2 Å². The summed E-state index contributed by atoms with van der Waals surface area (Å²) in [6.45, 7) is 0.403. The van der Waals surface area contributed by atoms with Crippen LogP contribution in [0.2, 0.25) is 0 Å². The Labute approximate surface area is 190 Å². The van der Waals surface area contributed by atoms with Crippen LogP contribution < -0.4 is 10.1 Å². The third-order valence-corrected chi connectivity index (χ3v) is 9.01. The van der Waals surface area contributed by atoms with E-state index in [9.17, 15) is 13.5 Å². The zero-order valence-electron chi connectivity index (χ0n) is 18.3. The molecule has 7 heteroatoms. The van der Waals surface area contributed by atoms with Crippen LogP contribution in [0.1, 0.15) is 49.3 Å². The Hall–Kier alpha value is -2.35. The maximum atomic E-state index is 13.7. The summed E-state index contributed by atoms with van der Waals surface area (Å²) in [6, 6.07) is 12.5. The van der Waals surface area contributed by atoms with Crippen molar-refractivity contribution < 1.29 is 18.3 Å². The zero-order chi connectivity index (χ0) is 22.3. The number of ether oxygens (including phenoxy) is 1. The molecule has 2 aromatic carbocycles. The summed E-state index contributed by atoms with van der Waals surface area (Å²) in [5.41, 5.74) is 4.45. The van der Waals surface area contributed by atoms with Gasteiger partial charge in [-0.25, -0.2) is 8.42 Å². The second kappa shape index (κ2) is 8.54. The van der Waals surface area contributed by atoms with Crippen LogP contribution in [0.15, 0.2) is 53.4 Å². The van der Waals surface area contributed by atoms with E-state index in [0.29, 0.717) is 18.7 Å². The topological polar surface area (TPSA) is 78.9 Å². The molecule has 0 amide bonds. The summed E-state index contributed by atoms with van der Waals surface area (Å²) in [6.07, 6.45) is 7.60. The van der Waals surface area contributed by atoms with Crippen molar-refractivity contribution in [2.75, 3.05) is 25.6 Å². The van der Waals surface area contributed by atoms with Crippen LogP contribution in [-0.4, -0.2) is 44.1 Å². The third kappa shape index (κ3) is 3.62. The van der Waals surface area contributed by atoms with E-state index in [-0.39, 0.29) is 29.5 Å². The van der Waals surface area contributed by atoms with E-state index in [2.05, 4.69) is 23.5 Å². The molecule has 2 heterocycles. The number of hydrogen-bond donors (Lipinski definition) is 2. The number of nitrogens with zero attached hydrogens (tertiary/aromatic N) is 1. The van der Waals surface area contributed by atoms with E-state index in [0.717, 1.165) is 24.1 Å². The third-order valence-electron chi connectivity index (χ3n) is 7.13. The lowest BCUT2D eigenvalue weighted by Crippen LogP contribution is -2.42. The fourth-order valence-corrected chi connectivity index (χ4v) is 7.19. The molecule has 1 fully saturated rings. The monoisotopic (exact) mass is 454 g/mol. The van der Waals surface area contributed by atoms with E-state index >= 15 is 0 Å². The first-order valence-corrected chi connectivity index (χ1v) is 12.8. The van der Waals surface area contributed by atoms with E-state index < -0.39 is 10.0 Å². The molecule has 2 N–H and O–H groups in total. The van der Waals surface area contributed by atoms with Gasteiger partial charge in [0.1, 0.15) is 5.75 Å². The van der Waals surface area contributed by atoms with Gasteiger partial charge in [0.15, 0.2) is 0 Å². The molecule has 3 atom stereocenters. The van der Waals surface area contributed by atoms with Crippen LogP contribution in [0.25, 0.3) is 5.57 Å². The van der Waals surface area contributed by atoms with Crippen LogP contribution >= 0.6 is 0 Å². The van der Waals surface area contributed by atoms with Gasteiger partial charge < -0.3 is 15.2 Å². The molecule has 1 aliphatic carbocycles. The van der Waals surface area contributed by atoms with Crippen molar-refractivity contribution in [3.8, 4) is 5.75 Å². The highest BCUT2D eigenvalue weighted by Crippen LogP contribution is 2.49. The lowest BCUT2D eigenvalue weighted by molar-refractivity contribution is 0.210. The Kier molecular flexibility index (Phi) is 5.73. The number of aliphatic hydroxyl groups excluding tert-OH is 1. The Morgan fingerprint density at radius 2 is 2.06 bits per heavy atom. The van der Waals surface area contributed by atoms with Gasteiger partial charge >= 0.3 is 0 Å². The Morgan fingerprint density at radius 1 is 1.19 bits per heavy atom. The quantitative estimate of drug-likeness (QED) is 0.708. The average Bonchev–Trinajstić information content (AvgIpc) is 3.30. The number of hydrogen-bond acceptors (Lipinski definition) is 5. The molecule has 2 aromatic rings. The molecule has 0 radical (unpaired) electrons. The number of fused-ring (bicyclic) bond motifs is 3. The van der Waals surface area contributed by atoms with Crippen LogP contribution in [0, 0.1) is 5.92 Å². The normalized spacial score (nSPS) is 25.4. The van der Waals surface area contributed by atoms with Gasteiger partial charge in [-0.2, -0.15) is 4.31 Å². The number of methoxy groups -OCH3 is 1. The predicted molar refractivity (Wildman–Crippen MR) is 125 cm³/mol. The lowest BCUT2D eigenvalue weighted by Gasteiger charge is -2.39. The highest BCUT2D eigenvalue weighted by Gasteiger charge is 2.48. The summed E-state index contributed by atoms with van der Waals surface area (Å²) < 4.78 is 34.3. The van der Waals surface area contributed by atoms with Crippen molar-refractivity contribution in [1.82, 2.24) is 4.31 Å². The standard InChI is InChI=1S/C25H30N2O4S/c1-31-19-8-5-9-20(15-19)32(29,30)27-13-12-21-24(16-28)26-23-11-10-18(14-22(23)25(21)27)17-6-3-2-4-7-17/h5-6,8-11,14-15,21,24-26,28H,2-4,7,12-13,16H2,1H3/t21-,24+,25-/m1/s1. The molecular formula is C25H30N2O4S. The summed E-state index contributed by atoms with van der Waals surface area (Å²) in [5, 5.41) is 13.5. The van der Waals surface area contributed by atoms with Gasteiger partial charge in [0.2, 0.25) is 10.0 Å². The molecular weight excluding hydrogens is 424 g/mol. The second-order valence-electron chi connectivity index (χ2n) is 8.90. The summed E-state index contributed by atoms with van der Waals surface area (Å²) in [7, 11) is -2.19. The summed E-state index contributed by atoms with van der Waals surface area (Å²) >= 11 is 0. The minimum absolute atomic E-state index is 0.0171. The predicted octanol–water partition coefficient (Wildman–Crippen LogP) is 4.19. The molecule has 2 aliphatic heterocycles. The van der Waals surface area contributed by atoms with E-state index in [1.54, 1.807) is 28.6 Å². The van der Waals surface area contributed by atoms with E-state index in [1.165, 1.54) is 31.1 Å². The van der Waals surface area contributed by atoms with Crippen molar-refractivity contribution in [2.45, 2.75) is 49.1 Å². The van der Waals surface area contributed by atoms with Crippen LogP contribution in [-0.2, 0) is 10.0 Å². The minimum Gasteiger partial charge on any atom is -0.497 e.